The second kappa shape index (κ2) is 6.22. The summed E-state index contributed by atoms with van der Waals surface area (Å²) >= 11 is 6.17. The van der Waals surface area contributed by atoms with Gasteiger partial charge in [-0.3, -0.25) is 4.79 Å². The number of hydrogen-bond acceptors (Lipinski definition) is 5. The quantitative estimate of drug-likeness (QED) is 0.795. The Balaban J connectivity index is 1.61. The Bertz CT molecular complexity index is 542. The predicted octanol–water partition coefficient (Wildman–Crippen LogP) is 1.89. The van der Waals surface area contributed by atoms with Crippen LogP contribution in [0.5, 0.6) is 11.5 Å². The highest BCUT2D eigenvalue weighted by Gasteiger charge is 2.21. The Morgan fingerprint density at radius 3 is 2.57 bits per heavy atom. The van der Waals surface area contributed by atoms with E-state index in [4.69, 9.17) is 21.1 Å². The summed E-state index contributed by atoms with van der Waals surface area (Å²) in [7, 11) is 2.12. The number of benzene rings is 1. The van der Waals surface area contributed by atoms with Gasteiger partial charge in [0, 0.05) is 50.8 Å². The van der Waals surface area contributed by atoms with Crippen LogP contribution in [0.2, 0.25) is 5.02 Å². The molecule has 0 aliphatic carbocycles. The van der Waals surface area contributed by atoms with E-state index in [1.807, 2.05) is 0 Å². The Morgan fingerprint density at radius 1 is 1.19 bits per heavy atom. The monoisotopic (exact) mass is 310 g/mol. The smallest absolute Gasteiger partial charge is 0.231 e. The van der Waals surface area contributed by atoms with E-state index in [9.17, 15) is 4.79 Å². The van der Waals surface area contributed by atoms with Gasteiger partial charge in [-0.05, 0) is 13.1 Å². The highest BCUT2D eigenvalue weighted by molar-refractivity contribution is 6.34. The fraction of sp³-hybridized carbons (Fsp3) is 0.533. The molecule has 2 heterocycles. The summed E-state index contributed by atoms with van der Waals surface area (Å²) in [5.41, 5.74) is 0.523. The molecule has 2 aliphatic heterocycles. The first-order chi connectivity index (χ1) is 10.1. The molecule has 21 heavy (non-hydrogen) atoms. The minimum atomic E-state index is 0.0530. The highest BCUT2D eigenvalue weighted by Crippen LogP contribution is 2.37. The largest absolute Gasteiger partial charge is 0.454 e. The Hall–Kier alpha value is -1.30. The molecule has 3 rings (SSSR count). The van der Waals surface area contributed by atoms with Crippen molar-refractivity contribution >= 4 is 17.4 Å². The number of carbonyl (C=O) groups excluding carboxylic acids is 1. The lowest BCUT2D eigenvalue weighted by atomic mass is 10.1. The van der Waals surface area contributed by atoms with E-state index in [1.54, 1.807) is 12.1 Å². The third-order valence-electron chi connectivity index (χ3n) is 4.01. The zero-order chi connectivity index (χ0) is 14.8. The van der Waals surface area contributed by atoms with Crippen molar-refractivity contribution in [1.29, 1.82) is 0 Å². The molecule has 1 aromatic rings. The number of ether oxygens (including phenoxy) is 2. The fourth-order valence-corrected chi connectivity index (χ4v) is 2.86. The van der Waals surface area contributed by atoms with Crippen LogP contribution >= 0.6 is 11.6 Å². The third kappa shape index (κ3) is 3.31. The Kier molecular flexibility index (Phi) is 4.33. The summed E-state index contributed by atoms with van der Waals surface area (Å²) in [5, 5.41) is 0.433. The maximum absolute atomic E-state index is 12.4. The second-order valence-electron chi connectivity index (χ2n) is 5.50. The van der Waals surface area contributed by atoms with Gasteiger partial charge in [-0.1, -0.05) is 11.6 Å². The first-order valence-electron chi connectivity index (χ1n) is 7.17. The molecule has 0 bridgehead atoms. The van der Waals surface area contributed by atoms with Crippen LogP contribution < -0.4 is 9.47 Å². The van der Waals surface area contributed by atoms with E-state index < -0.39 is 0 Å². The van der Waals surface area contributed by atoms with Crippen molar-refractivity contribution in [1.82, 2.24) is 9.80 Å². The van der Waals surface area contributed by atoms with Gasteiger partial charge in [-0.25, -0.2) is 0 Å². The number of hydrogen-bond donors (Lipinski definition) is 0. The minimum Gasteiger partial charge on any atom is -0.454 e. The third-order valence-corrected chi connectivity index (χ3v) is 4.33. The number of piperazine rings is 1. The standard InChI is InChI=1S/C15H19ClN2O3/c1-17-4-6-18(7-5-17)3-2-13(19)11-8-14-15(9-12(11)16)21-10-20-14/h8-9H,2-7,10H2,1H3. The molecule has 0 radical (unpaired) electrons. The van der Waals surface area contributed by atoms with Gasteiger partial charge in [-0.15, -0.1) is 0 Å². The van der Waals surface area contributed by atoms with Crippen molar-refractivity contribution in [2.75, 3.05) is 46.6 Å². The zero-order valence-electron chi connectivity index (χ0n) is 12.1. The van der Waals surface area contributed by atoms with E-state index in [2.05, 4.69) is 16.8 Å². The topological polar surface area (TPSA) is 42.0 Å². The summed E-state index contributed by atoms with van der Waals surface area (Å²) in [5.74, 6) is 1.26. The first kappa shape index (κ1) is 14.6. The SMILES string of the molecule is CN1CCN(CCC(=O)c2cc3c(cc2Cl)OCO3)CC1. The minimum absolute atomic E-state index is 0.0530. The first-order valence-corrected chi connectivity index (χ1v) is 7.54. The molecule has 0 amide bonds. The van der Waals surface area contributed by atoms with Gasteiger partial charge in [0.25, 0.3) is 0 Å². The van der Waals surface area contributed by atoms with Crippen molar-refractivity contribution in [3.63, 3.8) is 0 Å². The van der Waals surface area contributed by atoms with Crippen LogP contribution in [0.15, 0.2) is 12.1 Å². The van der Waals surface area contributed by atoms with Crippen LogP contribution in [0, 0.1) is 0 Å². The molecular formula is C15H19ClN2O3. The molecule has 1 aromatic carbocycles. The number of fused-ring (bicyclic) bond motifs is 1. The van der Waals surface area contributed by atoms with Gasteiger partial charge in [0.1, 0.15) is 0 Å². The average molecular weight is 311 g/mol. The molecule has 1 fully saturated rings. The van der Waals surface area contributed by atoms with Gasteiger partial charge < -0.3 is 19.3 Å². The predicted molar refractivity (Wildman–Crippen MR) is 80.5 cm³/mol. The maximum atomic E-state index is 12.4. The summed E-state index contributed by atoms with van der Waals surface area (Å²) in [6, 6.07) is 3.35. The Labute approximate surface area is 129 Å². The lowest BCUT2D eigenvalue weighted by Crippen LogP contribution is -2.45. The van der Waals surface area contributed by atoms with Gasteiger partial charge in [0.15, 0.2) is 17.3 Å². The van der Waals surface area contributed by atoms with Crippen molar-refractivity contribution in [3.05, 3.63) is 22.7 Å². The lowest BCUT2D eigenvalue weighted by molar-refractivity contribution is 0.0941. The van der Waals surface area contributed by atoms with Crippen molar-refractivity contribution in [3.8, 4) is 11.5 Å². The summed E-state index contributed by atoms with van der Waals surface area (Å²) in [4.78, 5) is 17.0. The second-order valence-corrected chi connectivity index (χ2v) is 5.91. The molecule has 0 atom stereocenters. The van der Waals surface area contributed by atoms with Gasteiger partial charge in [0.2, 0.25) is 6.79 Å². The molecule has 2 aliphatic rings. The van der Waals surface area contributed by atoms with Crippen LogP contribution in [0.1, 0.15) is 16.8 Å². The van der Waals surface area contributed by atoms with E-state index >= 15 is 0 Å². The van der Waals surface area contributed by atoms with Gasteiger partial charge in [0.05, 0.1) is 5.02 Å². The Morgan fingerprint density at radius 2 is 1.86 bits per heavy atom. The molecule has 5 nitrogen and oxygen atoms in total. The molecule has 6 heteroatoms. The number of halogens is 1. The molecule has 0 aromatic heterocycles. The van der Waals surface area contributed by atoms with E-state index in [0.29, 0.717) is 28.5 Å². The summed E-state index contributed by atoms with van der Waals surface area (Å²) in [6.45, 7) is 5.09. The van der Waals surface area contributed by atoms with Gasteiger partial charge >= 0.3 is 0 Å². The molecule has 114 valence electrons. The molecule has 0 spiro atoms. The van der Waals surface area contributed by atoms with Crippen molar-refractivity contribution in [2.45, 2.75) is 6.42 Å². The van der Waals surface area contributed by atoms with Crippen LogP contribution in [0.3, 0.4) is 0 Å². The number of carbonyl (C=O) groups is 1. The zero-order valence-corrected chi connectivity index (χ0v) is 12.9. The summed E-state index contributed by atoms with van der Waals surface area (Å²) in [6.07, 6.45) is 0.475. The van der Waals surface area contributed by atoms with E-state index in [-0.39, 0.29) is 12.6 Å². The van der Waals surface area contributed by atoms with E-state index in [0.717, 1.165) is 32.7 Å². The lowest BCUT2D eigenvalue weighted by Gasteiger charge is -2.32. The average Bonchev–Trinajstić information content (AvgIpc) is 2.92. The molecule has 0 saturated carbocycles. The van der Waals surface area contributed by atoms with Crippen LogP contribution in [-0.2, 0) is 0 Å². The number of Topliss-reactive ketones (excluding diaryl/α,β-unsaturated/α-hetero) is 1. The van der Waals surface area contributed by atoms with Gasteiger partial charge in [-0.2, -0.15) is 0 Å². The maximum Gasteiger partial charge on any atom is 0.231 e. The van der Waals surface area contributed by atoms with Crippen molar-refractivity contribution < 1.29 is 14.3 Å². The van der Waals surface area contributed by atoms with Crippen molar-refractivity contribution in [2.24, 2.45) is 0 Å². The number of likely N-dealkylation sites (N-methyl/N-ethyl adjacent to an activating group) is 1. The number of ketones is 1. The van der Waals surface area contributed by atoms with E-state index in [1.165, 1.54) is 0 Å². The number of rotatable bonds is 4. The fourth-order valence-electron chi connectivity index (χ4n) is 2.60. The normalized spacial score (nSPS) is 19.0. The molecular weight excluding hydrogens is 292 g/mol. The molecule has 0 N–H and O–H groups in total. The summed E-state index contributed by atoms with van der Waals surface area (Å²) < 4.78 is 10.5. The molecule has 1 saturated heterocycles. The van der Waals surface area contributed by atoms with Crippen LogP contribution in [0.4, 0.5) is 0 Å². The molecule has 0 unspecified atom stereocenters. The number of nitrogens with zero attached hydrogens (tertiary/aromatic N) is 2. The van der Waals surface area contributed by atoms with Crippen LogP contribution in [-0.4, -0.2) is 62.1 Å². The highest BCUT2D eigenvalue weighted by atomic mass is 35.5. The van der Waals surface area contributed by atoms with Crippen LogP contribution in [0.25, 0.3) is 0 Å².